The molecule has 0 saturated heterocycles. The van der Waals surface area contributed by atoms with Gasteiger partial charge >= 0.3 is 0 Å². The number of nitrogens with two attached hydrogens (primary N) is 1. The smallest absolute Gasteiger partial charge is 0.0186 e. The first-order valence-corrected chi connectivity index (χ1v) is 6.40. The molecular formula is C17H21N. The molecule has 1 nitrogen and oxygen atoms in total. The van der Waals surface area contributed by atoms with Crippen LogP contribution in [-0.2, 0) is 6.54 Å². The van der Waals surface area contributed by atoms with Crippen molar-refractivity contribution in [2.45, 2.75) is 34.2 Å². The number of aryl methyl sites for hydroxylation is 4. The van der Waals surface area contributed by atoms with Crippen molar-refractivity contribution >= 4 is 0 Å². The maximum atomic E-state index is 5.91. The molecule has 0 aliphatic rings. The van der Waals surface area contributed by atoms with Gasteiger partial charge in [-0.05, 0) is 49.9 Å². The first-order valence-electron chi connectivity index (χ1n) is 6.40. The van der Waals surface area contributed by atoms with Gasteiger partial charge in [0.25, 0.3) is 0 Å². The zero-order valence-corrected chi connectivity index (χ0v) is 11.7. The van der Waals surface area contributed by atoms with E-state index in [0.717, 1.165) is 0 Å². The second kappa shape index (κ2) is 4.95. The lowest BCUT2D eigenvalue weighted by atomic mass is 9.92. The molecule has 1 heteroatoms. The second-order valence-electron chi connectivity index (χ2n) is 5.19. The fourth-order valence-electron chi connectivity index (χ4n) is 2.66. The van der Waals surface area contributed by atoms with Crippen molar-refractivity contribution < 1.29 is 0 Å². The Morgan fingerprint density at radius 3 is 1.89 bits per heavy atom. The summed E-state index contributed by atoms with van der Waals surface area (Å²) in [6.45, 7) is 9.15. The first-order chi connectivity index (χ1) is 8.51. The van der Waals surface area contributed by atoms with Crippen LogP contribution in [0.5, 0.6) is 0 Å². The summed E-state index contributed by atoms with van der Waals surface area (Å²) in [6.07, 6.45) is 0. The predicted octanol–water partition coefficient (Wildman–Crippen LogP) is 4.05. The summed E-state index contributed by atoms with van der Waals surface area (Å²) in [5.41, 5.74) is 14.9. The Labute approximate surface area is 110 Å². The van der Waals surface area contributed by atoms with Crippen molar-refractivity contribution in [1.29, 1.82) is 0 Å². The van der Waals surface area contributed by atoms with Crippen LogP contribution >= 0.6 is 0 Å². The fraction of sp³-hybridized carbons (Fsp3) is 0.294. The van der Waals surface area contributed by atoms with Gasteiger partial charge in [-0.15, -0.1) is 0 Å². The Kier molecular flexibility index (Phi) is 3.53. The van der Waals surface area contributed by atoms with Crippen LogP contribution in [0.4, 0.5) is 0 Å². The molecule has 0 fully saturated rings. The van der Waals surface area contributed by atoms with Crippen LogP contribution in [0.15, 0.2) is 30.3 Å². The van der Waals surface area contributed by atoms with Gasteiger partial charge in [0.05, 0.1) is 0 Å². The maximum absolute atomic E-state index is 5.91. The third kappa shape index (κ3) is 2.46. The van der Waals surface area contributed by atoms with Gasteiger partial charge < -0.3 is 5.73 Å². The van der Waals surface area contributed by atoms with E-state index in [1.807, 2.05) is 0 Å². The molecular weight excluding hydrogens is 218 g/mol. The van der Waals surface area contributed by atoms with Gasteiger partial charge in [-0.2, -0.15) is 0 Å². The van der Waals surface area contributed by atoms with E-state index >= 15 is 0 Å². The highest BCUT2D eigenvalue weighted by Gasteiger charge is 2.08. The molecule has 2 aromatic carbocycles. The Balaban J connectivity index is 2.69. The van der Waals surface area contributed by atoms with E-state index in [1.165, 1.54) is 38.9 Å². The van der Waals surface area contributed by atoms with E-state index in [-0.39, 0.29) is 0 Å². The van der Waals surface area contributed by atoms with Crippen LogP contribution in [0, 0.1) is 27.7 Å². The van der Waals surface area contributed by atoms with Crippen molar-refractivity contribution in [3.63, 3.8) is 0 Å². The van der Waals surface area contributed by atoms with Gasteiger partial charge in [-0.1, -0.05) is 47.0 Å². The second-order valence-corrected chi connectivity index (χ2v) is 5.19. The van der Waals surface area contributed by atoms with E-state index in [1.54, 1.807) is 0 Å². The highest BCUT2D eigenvalue weighted by Crippen LogP contribution is 2.29. The van der Waals surface area contributed by atoms with Crippen molar-refractivity contribution in [3.8, 4) is 11.1 Å². The molecule has 0 spiro atoms. The van der Waals surface area contributed by atoms with E-state index in [0.29, 0.717) is 6.54 Å². The summed E-state index contributed by atoms with van der Waals surface area (Å²) in [4.78, 5) is 0. The normalized spacial score (nSPS) is 10.7. The third-order valence-electron chi connectivity index (χ3n) is 3.35. The van der Waals surface area contributed by atoms with E-state index in [4.69, 9.17) is 5.73 Å². The van der Waals surface area contributed by atoms with Gasteiger partial charge in [0, 0.05) is 6.54 Å². The third-order valence-corrected chi connectivity index (χ3v) is 3.35. The van der Waals surface area contributed by atoms with Gasteiger partial charge in [-0.3, -0.25) is 0 Å². The summed E-state index contributed by atoms with van der Waals surface area (Å²) in [5.74, 6) is 0. The molecule has 2 N–H and O–H groups in total. The highest BCUT2D eigenvalue weighted by atomic mass is 14.5. The monoisotopic (exact) mass is 239 g/mol. The minimum atomic E-state index is 0.592. The molecule has 0 aliphatic carbocycles. The SMILES string of the molecule is Cc1cc(C)cc(-c2cc(C)cc(C)c2CN)c1. The van der Waals surface area contributed by atoms with Gasteiger partial charge in [0.15, 0.2) is 0 Å². The standard InChI is InChI=1S/C17H21N/c1-11-5-12(2)8-15(7-11)16-9-13(3)6-14(4)17(16)10-18/h5-9H,10,18H2,1-4H3. The van der Waals surface area contributed by atoms with Crippen molar-refractivity contribution in [2.75, 3.05) is 0 Å². The molecule has 18 heavy (non-hydrogen) atoms. The molecule has 0 bridgehead atoms. The summed E-state index contributed by atoms with van der Waals surface area (Å²) in [6, 6.07) is 11.1. The van der Waals surface area contributed by atoms with Crippen molar-refractivity contribution in [2.24, 2.45) is 5.73 Å². The Morgan fingerprint density at radius 1 is 0.778 bits per heavy atom. The van der Waals surface area contributed by atoms with Crippen LogP contribution < -0.4 is 5.73 Å². The number of benzene rings is 2. The molecule has 2 rings (SSSR count). The number of hydrogen-bond acceptors (Lipinski definition) is 1. The first kappa shape index (κ1) is 12.8. The molecule has 0 amide bonds. The van der Waals surface area contributed by atoms with Crippen LogP contribution in [0.3, 0.4) is 0 Å². The largest absolute Gasteiger partial charge is 0.326 e. The summed E-state index contributed by atoms with van der Waals surface area (Å²) >= 11 is 0. The average Bonchev–Trinajstić information content (AvgIpc) is 2.26. The minimum Gasteiger partial charge on any atom is -0.326 e. The van der Waals surface area contributed by atoms with Crippen LogP contribution in [0.25, 0.3) is 11.1 Å². The lowest BCUT2D eigenvalue weighted by Gasteiger charge is -2.14. The molecule has 0 aromatic heterocycles. The van der Waals surface area contributed by atoms with E-state index in [2.05, 4.69) is 58.0 Å². The quantitative estimate of drug-likeness (QED) is 0.840. The maximum Gasteiger partial charge on any atom is 0.0186 e. The van der Waals surface area contributed by atoms with Gasteiger partial charge in [0.1, 0.15) is 0 Å². The number of hydrogen-bond donors (Lipinski definition) is 1. The minimum absolute atomic E-state index is 0.592. The number of rotatable bonds is 2. The lowest BCUT2D eigenvalue weighted by Crippen LogP contribution is -2.02. The molecule has 0 unspecified atom stereocenters. The van der Waals surface area contributed by atoms with Gasteiger partial charge in [0.2, 0.25) is 0 Å². The molecule has 0 atom stereocenters. The Bertz CT molecular complexity index is 562. The Morgan fingerprint density at radius 2 is 1.33 bits per heavy atom. The van der Waals surface area contributed by atoms with Crippen LogP contribution in [-0.4, -0.2) is 0 Å². The summed E-state index contributed by atoms with van der Waals surface area (Å²) < 4.78 is 0. The molecule has 94 valence electrons. The molecule has 0 heterocycles. The molecule has 2 aromatic rings. The van der Waals surface area contributed by atoms with Gasteiger partial charge in [-0.25, -0.2) is 0 Å². The van der Waals surface area contributed by atoms with Crippen LogP contribution in [0.2, 0.25) is 0 Å². The topological polar surface area (TPSA) is 26.0 Å². The fourth-order valence-corrected chi connectivity index (χ4v) is 2.66. The van der Waals surface area contributed by atoms with E-state index in [9.17, 15) is 0 Å². The van der Waals surface area contributed by atoms with Crippen molar-refractivity contribution in [1.82, 2.24) is 0 Å². The predicted molar refractivity (Wildman–Crippen MR) is 78.7 cm³/mol. The lowest BCUT2D eigenvalue weighted by molar-refractivity contribution is 1.05. The van der Waals surface area contributed by atoms with Crippen molar-refractivity contribution in [3.05, 3.63) is 58.1 Å². The summed E-state index contributed by atoms with van der Waals surface area (Å²) in [7, 11) is 0. The molecule has 0 saturated carbocycles. The zero-order chi connectivity index (χ0) is 13.3. The summed E-state index contributed by atoms with van der Waals surface area (Å²) in [5, 5.41) is 0. The average molecular weight is 239 g/mol. The highest BCUT2D eigenvalue weighted by molar-refractivity contribution is 5.71. The molecule has 0 aliphatic heterocycles. The zero-order valence-electron chi connectivity index (χ0n) is 11.7. The molecule has 0 radical (unpaired) electrons. The Hall–Kier alpha value is -1.60. The van der Waals surface area contributed by atoms with E-state index < -0.39 is 0 Å². The van der Waals surface area contributed by atoms with Crippen LogP contribution in [0.1, 0.15) is 27.8 Å².